The van der Waals surface area contributed by atoms with E-state index in [9.17, 15) is 13.2 Å². The monoisotopic (exact) mass is 302 g/mol. The molecule has 0 unspecified atom stereocenters. The fourth-order valence-corrected chi connectivity index (χ4v) is 2.21. The van der Waals surface area contributed by atoms with Gasteiger partial charge < -0.3 is 5.73 Å². The van der Waals surface area contributed by atoms with Gasteiger partial charge in [-0.3, -0.25) is 10.5 Å². The Morgan fingerprint density at radius 1 is 1.35 bits per heavy atom. The molecule has 0 aliphatic heterocycles. The molecule has 0 fully saturated rings. The van der Waals surface area contributed by atoms with Crippen molar-refractivity contribution in [2.75, 3.05) is 0 Å². The molecule has 0 aromatic carbocycles. The highest BCUT2D eigenvalue weighted by atomic mass is 32.2. The minimum atomic E-state index is -4.57. The molecule has 106 valence electrons. The maximum absolute atomic E-state index is 12.6. The van der Waals surface area contributed by atoms with E-state index in [0.29, 0.717) is 5.82 Å². The van der Waals surface area contributed by atoms with E-state index in [0.717, 1.165) is 23.9 Å². The van der Waals surface area contributed by atoms with Gasteiger partial charge in [-0.1, -0.05) is 0 Å². The first-order valence-corrected chi connectivity index (χ1v) is 6.08. The number of nitrogens with two attached hydrogens (primary N) is 1. The molecule has 2 aromatic rings. The van der Waals surface area contributed by atoms with Gasteiger partial charge in [0.25, 0.3) is 0 Å². The largest absolute Gasteiger partial charge is 0.433 e. The fraction of sp³-hybridized carbons (Fsp3) is 0.200. The van der Waals surface area contributed by atoms with Crippen LogP contribution in [0.15, 0.2) is 22.3 Å². The molecular weight excluding hydrogens is 293 g/mol. The molecule has 0 spiro atoms. The number of pyridine rings is 1. The number of alkyl halides is 3. The van der Waals surface area contributed by atoms with Crippen LogP contribution in [0.1, 0.15) is 17.1 Å². The first-order chi connectivity index (χ1) is 9.27. The number of aromatic nitrogens is 4. The van der Waals surface area contributed by atoms with Crippen LogP contribution in [0.2, 0.25) is 0 Å². The van der Waals surface area contributed by atoms with Crippen LogP contribution in [-0.2, 0) is 6.18 Å². The molecule has 0 aliphatic carbocycles. The summed E-state index contributed by atoms with van der Waals surface area (Å²) >= 11 is 0.808. The maximum Gasteiger partial charge on any atom is 0.433 e. The molecule has 0 saturated carbocycles. The van der Waals surface area contributed by atoms with E-state index >= 15 is 0 Å². The van der Waals surface area contributed by atoms with Crippen molar-refractivity contribution in [1.29, 1.82) is 5.41 Å². The molecule has 10 heteroatoms. The zero-order valence-electron chi connectivity index (χ0n) is 10.1. The molecule has 0 radical (unpaired) electrons. The van der Waals surface area contributed by atoms with Crippen LogP contribution in [0.3, 0.4) is 0 Å². The van der Waals surface area contributed by atoms with Crippen molar-refractivity contribution in [3.05, 3.63) is 29.2 Å². The predicted molar refractivity (Wildman–Crippen MR) is 65.5 cm³/mol. The standard InChI is InChI=1S/C10H9F3N6S/c1-4-16-9(19-18-4)20-8-5(7(14)15)2-3-6(17-8)10(11,12)13/h2-3H,1H3,(H3,14,15)(H,16,18,19). The Labute approximate surface area is 115 Å². The minimum absolute atomic E-state index is 0.0636. The van der Waals surface area contributed by atoms with E-state index in [4.69, 9.17) is 11.1 Å². The number of rotatable bonds is 3. The molecule has 4 N–H and O–H groups in total. The number of nitrogens with one attached hydrogen (secondary N) is 2. The van der Waals surface area contributed by atoms with E-state index in [1.165, 1.54) is 0 Å². The number of halogens is 3. The van der Waals surface area contributed by atoms with Gasteiger partial charge >= 0.3 is 6.18 Å². The van der Waals surface area contributed by atoms with E-state index in [2.05, 4.69) is 20.2 Å². The summed E-state index contributed by atoms with van der Waals surface area (Å²) in [6, 6.07) is 1.89. The molecule has 2 aromatic heterocycles. The van der Waals surface area contributed by atoms with Gasteiger partial charge in [0.05, 0.1) is 0 Å². The van der Waals surface area contributed by atoms with Crippen molar-refractivity contribution in [2.24, 2.45) is 5.73 Å². The first-order valence-electron chi connectivity index (χ1n) is 5.27. The van der Waals surface area contributed by atoms with E-state index < -0.39 is 11.9 Å². The van der Waals surface area contributed by atoms with Crippen LogP contribution < -0.4 is 5.73 Å². The third-order valence-electron chi connectivity index (χ3n) is 2.21. The van der Waals surface area contributed by atoms with E-state index in [1.54, 1.807) is 6.92 Å². The van der Waals surface area contributed by atoms with Gasteiger partial charge in [-0.25, -0.2) is 9.97 Å². The highest BCUT2D eigenvalue weighted by molar-refractivity contribution is 7.99. The second kappa shape index (κ2) is 5.12. The van der Waals surface area contributed by atoms with Crippen LogP contribution in [0, 0.1) is 12.3 Å². The summed E-state index contributed by atoms with van der Waals surface area (Å²) in [4.78, 5) is 7.46. The second-order valence-corrected chi connectivity index (χ2v) is 4.72. The molecule has 0 bridgehead atoms. The molecule has 2 rings (SSSR count). The number of hydrogen-bond acceptors (Lipinski definition) is 5. The third-order valence-corrected chi connectivity index (χ3v) is 3.08. The molecule has 0 atom stereocenters. The fourth-order valence-electron chi connectivity index (χ4n) is 1.34. The Balaban J connectivity index is 2.44. The summed E-state index contributed by atoms with van der Waals surface area (Å²) in [6.07, 6.45) is -4.57. The number of aryl methyl sites for hydroxylation is 1. The summed E-state index contributed by atoms with van der Waals surface area (Å²) in [5.74, 6) is 0.143. The van der Waals surface area contributed by atoms with Crippen LogP contribution in [0.25, 0.3) is 0 Å². The Hall–Kier alpha value is -2.10. The van der Waals surface area contributed by atoms with Crippen molar-refractivity contribution in [3.63, 3.8) is 0 Å². The van der Waals surface area contributed by atoms with Gasteiger partial charge in [-0.2, -0.15) is 13.2 Å². The highest BCUT2D eigenvalue weighted by Gasteiger charge is 2.33. The zero-order chi connectivity index (χ0) is 14.9. The van der Waals surface area contributed by atoms with E-state index in [-0.39, 0.29) is 21.6 Å². The van der Waals surface area contributed by atoms with Crippen molar-refractivity contribution >= 4 is 17.6 Å². The number of hydrogen-bond donors (Lipinski definition) is 3. The lowest BCUT2D eigenvalue weighted by Gasteiger charge is -2.10. The molecule has 0 saturated heterocycles. The summed E-state index contributed by atoms with van der Waals surface area (Å²) in [7, 11) is 0. The quantitative estimate of drug-likeness (QED) is 0.594. The molecule has 2 heterocycles. The van der Waals surface area contributed by atoms with Crippen LogP contribution in [0.5, 0.6) is 0 Å². The van der Waals surface area contributed by atoms with Crippen molar-refractivity contribution in [2.45, 2.75) is 23.3 Å². The molecule has 6 nitrogen and oxygen atoms in total. The maximum atomic E-state index is 12.6. The van der Waals surface area contributed by atoms with Gasteiger partial charge in [0.1, 0.15) is 22.4 Å². The summed E-state index contributed by atoms with van der Waals surface area (Å²) in [5, 5.41) is 13.9. The van der Waals surface area contributed by atoms with Crippen LogP contribution in [-0.4, -0.2) is 26.0 Å². The van der Waals surface area contributed by atoms with Gasteiger partial charge in [0.2, 0.25) is 5.16 Å². The number of H-pyrrole nitrogens is 1. The minimum Gasteiger partial charge on any atom is -0.384 e. The number of amidine groups is 1. The number of nitrogens with zero attached hydrogens (tertiary/aromatic N) is 3. The SMILES string of the molecule is Cc1nc(Sc2nc(C(F)(F)F)ccc2C(=N)N)n[nH]1. The van der Waals surface area contributed by atoms with Crippen LogP contribution in [0.4, 0.5) is 13.2 Å². The molecule has 0 aliphatic rings. The Kier molecular flexibility index (Phi) is 3.66. The van der Waals surface area contributed by atoms with Crippen molar-refractivity contribution in [1.82, 2.24) is 20.2 Å². The van der Waals surface area contributed by atoms with E-state index in [1.807, 2.05) is 0 Å². The molecular formula is C10H9F3N6S. The van der Waals surface area contributed by atoms with Crippen molar-refractivity contribution in [3.8, 4) is 0 Å². The normalized spacial score (nSPS) is 11.6. The summed E-state index contributed by atoms with van der Waals surface area (Å²) in [6.45, 7) is 1.66. The Morgan fingerprint density at radius 3 is 2.55 bits per heavy atom. The lowest BCUT2D eigenvalue weighted by Crippen LogP contribution is -2.16. The van der Waals surface area contributed by atoms with Gasteiger partial charge in [0.15, 0.2) is 0 Å². The van der Waals surface area contributed by atoms with Crippen molar-refractivity contribution < 1.29 is 13.2 Å². The predicted octanol–water partition coefficient (Wildman–Crippen LogP) is 1.96. The highest BCUT2D eigenvalue weighted by Crippen LogP contribution is 2.32. The molecule has 0 amide bonds. The zero-order valence-corrected chi connectivity index (χ0v) is 10.9. The number of aromatic amines is 1. The molecule has 20 heavy (non-hydrogen) atoms. The Bertz CT molecular complexity index is 651. The number of nitrogen functional groups attached to an aromatic ring is 1. The first kappa shape index (κ1) is 14.3. The van der Waals surface area contributed by atoms with Gasteiger partial charge in [0, 0.05) is 5.56 Å². The van der Waals surface area contributed by atoms with Gasteiger partial charge in [-0.05, 0) is 30.8 Å². The Morgan fingerprint density at radius 2 is 2.05 bits per heavy atom. The third kappa shape index (κ3) is 3.07. The topological polar surface area (TPSA) is 104 Å². The smallest absolute Gasteiger partial charge is 0.384 e. The average Bonchev–Trinajstić information content (AvgIpc) is 2.73. The average molecular weight is 302 g/mol. The lowest BCUT2D eigenvalue weighted by molar-refractivity contribution is -0.141. The second-order valence-electron chi connectivity index (χ2n) is 3.77. The lowest BCUT2D eigenvalue weighted by atomic mass is 10.2. The summed E-state index contributed by atoms with van der Waals surface area (Å²) < 4.78 is 37.9. The summed E-state index contributed by atoms with van der Waals surface area (Å²) in [5.41, 5.74) is 4.38. The van der Waals surface area contributed by atoms with Gasteiger partial charge in [-0.15, -0.1) is 5.10 Å². The van der Waals surface area contributed by atoms with Crippen LogP contribution >= 0.6 is 11.8 Å².